The van der Waals surface area contributed by atoms with Gasteiger partial charge >= 0.3 is 5.97 Å². The third-order valence-electron chi connectivity index (χ3n) is 5.65. The van der Waals surface area contributed by atoms with Gasteiger partial charge in [0.05, 0.1) is 19.6 Å². The number of aliphatic hydroxyl groups is 3. The molecule has 1 saturated heterocycles. The number of aliphatic hydroxyl groups excluding tert-OH is 3. The molecule has 3 rings (SSSR count). The van der Waals surface area contributed by atoms with Crippen molar-refractivity contribution in [3.05, 3.63) is 70.3 Å². The van der Waals surface area contributed by atoms with Crippen LogP contribution in [0.15, 0.2) is 42.5 Å². The first-order chi connectivity index (χ1) is 15.3. The van der Waals surface area contributed by atoms with Crippen molar-refractivity contribution in [1.29, 1.82) is 0 Å². The molecule has 174 valence electrons. The Morgan fingerprint density at radius 1 is 1.03 bits per heavy atom. The minimum atomic E-state index is -1.28. The van der Waals surface area contributed by atoms with E-state index in [4.69, 9.17) is 14.6 Å². The van der Waals surface area contributed by atoms with Crippen LogP contribution in [-0.4, -0.2) is 63.0 Å². The number of carbonyl (C=O) groups is 1. The quantitative estimate of drug-likeness (QED) is 0.420. The molecule has 2 aromatic carbocycles. The summed E-state index contributed by atoms with van der Waals surface area (Å²) in [5, 5.41) is 39.5. The largest absolute Gasteiger partial charge is 0.481 e. The Morgan fingerprint density at radius 2 is 1.72 bits per heavy atom. The first kappa shape index (κ1) is 24.7. The van der Waals surface area contributed by atoms with Gasteiger partial charge in [-0.25, -0.2) is 0 Å². The highest BCUT2D eigenvalue weighted by molar-refractivity contribution is 7.99. The van der Waals surface area contributed by atoms with Gasteiger partial charge in [0.1, 0.15) is 29.9 Å². The molecule has 5 atom stereocenters. The second-order valence-corrected chi connectivity index (χ2v) is 8.94. The number of thioether (sulfide) groups is 1. The third kappa shape index (κ3) is 6.10. The summed E-state index contributed by atoms with van der Waals surface area (Å²) < 4.78 is 11.3. The highest BCUT2D eigenvalue weighted by atomic mass is 32.2. The van der Waals surface area contributed by atoms with E-state index in [1.165, 1.54) is 11.8 Å². The fourth-order valence-electron chi connectivity index (χ4n) is 3.70. The lowest BCUT2D eigenvalue weighted by Gasteiger charge is -2.40. The van der Waals surface area contributed by atoms with Gasteiger partial charge in [-0.3, -0.25) is 4.79 Å². The molecule has 0 bridgehead atoms. The van der Waals surface area contributed by atoms with Crippen LogP contribution in [0.3, 0.4) is 0 Å². The zero-order valence-corrected chi connectivity index (χ0v) is 19.0. The zero-order valence-electron chi connectivity index (χ0n) is 18.2. The summed E-state index contributed by atoms with van der Waals surface area (Å²) in [6.07, 6.45) is -1.91. The minimum Gasteiger partial charge on any atom is -0.481 e. The van der Waals surface area contributed by atoms with Gasteiger partial charge in [0.25, 0.3) is 0 Å². The van der Waals surface area contributed by atoms with Gasteiger partial charge in [-0.2, -0.15) is 0 Å². The first-order valence-electron chi connectivity index (χ1n) is 10.5. The van der Waals surface area contributed by atoms with Crippen molar-refractivity contribution < 1.29 is 34.7 Å². The van der Waals surface area contributed by atoms with Gasteiger partial charge in [-0.15, -0.1) is 11.8 Å². The molecule has 32 heavy (non-hydrogen) atoms. The van der Waals surface area contributed by atoms with Gasteiger partial charge in [-0.05, 0) is 47.4 Å². The van der Waals surface area contributed by atoms with Crippen LogP contribution in [0, 0.1) is 6.92 Å². The molecule has 0 aliphatic carbocycles. The number of carboxylic acid groups (broad SMARTS) is 1. The number of carboxylic acids is 1. The summed E-state index contributed by atoms with van der Waals surface area (Å²) in [6, 6.07) is 13.8. The van der Waals surface area contributed by atoms with Crippen molar-refractivity contribution in [3.63, 3.8) is 0 Å². The molecule has 0 radical (unpaired) electrons. The van der Waals surface area contributed by atoms with E-state index < -0.39 is 35.8 Å². The number of aryl methyl sites for hydroxylation is 1. The van der Waals surface area contributed by atoms with Crippen molar-refractivity contribution in [2.45, 2.75) is 56.2 Å². The van der Waals surface area contributed by atoms with Crippen molar-refractivity contribution in [3.8, 4) is 0 Å². The summed E-state index contributed by atoms with van der Waals surface area (Å²) in [6.45, 7) is 2.57. The SMILES string of the molecule is CS[C@H]1O[C@@H](c2ccc(C)c(Cc3ccc(COCCC(=O)O)cc3)c2)[C@H](O)[C@@H](O)[C@@H]1O. The molecule has 1 aliphatic rings. The van der Waals surface area contributed by atoms with E-state index in [2.05, 4.69) is 0 Å². The Kier molecular flexibility index (Phi) is 8.70. The Bertz CT molecular complexity index is 900. The summed E-state index contributed by atoms with van der Waals surface area (Å²) >= 11 is 1.30. The van der Waals surface area contributed by atoms with Crippen molar-refractivity contribution >= 4 is 17.7 Å². The van der Waals surface area contributed by atoms with Crippen LogP contribution in [-0.2, 0) is 27.3 Å². The molecule has 1 aliphatic heterocycles. The summed E-state index contributed by atoms with van der Waals surface area (Å²) in [5.74, 6) is -0.876. The maximum atomic E-state index is 10.5. The Balaban J connectivity index is 1.69. The Labute approximate surface area is 192 Å². The predicted octanol–water partition coefficient (Wildman–Crippen LogP) is 2.42. The maximum Gasteiger partial charge on any atom is 0.305 e. The van der Waals surface area contributed by atoms with Gasteiger partial charge in [0.2, 0.25) is 0 Å². The average Bonchev–Trinajstić information content (AvgIpc) is 2.78. The van der Waals surface area contributed by atoms with E-state index >= 15 is 0 Å². The highest BCUT2D eigenvalue weighted by Crippen LogP contribution is 2.36. The van der Waals surface area contributed by atoms with Crippen LogP contribution in [0.5, 0.6) is 0 Å². The number of hydrogen-bond donors (Lipinski definition) is 4. The predicted molar refractivity (Wildman–Crippen MR) is 121 cm³/mol. The standard InChI is InChI=1S/C24H30O7S/c1-14-3-8-17(23-21(28)20(27)22(29)24(31-23)32-2)12-18(14)11-15-4-6-16(7-5-15)13-30-10-9-19(25)26/h3-8,12,20-24,27-29H,9-11,13H2,1-2H3,(H,25,26)/t20-,21-,22+,23+,24-/m1/s1. The summed E-state index contributed by atoms with van der Waals surface area (Å²) in [4.78, 5) is 10.5. The van der Waals surface area contributed by atoms with Crippen LogP contribution in [0.2, 0.25) is 0 Å². The number of hydrogen-bond acceptors (Lipinski definition) is 7. The van der Waals surface area contributed by atoms with Gasteiger partial charge in [0.15, 0.2) is 0 Å². The van der Waals surface area contributed by atoms with Crippen LogP contribution in [0.25, 0.3) is 0 Å². The van der Waals surface area contributed by atoms with Crippen LogP contribution in [0.4, 0.5) is 0 Å². The van der Waals surface area contributed by atoms with E-state index in [9.17, 15) is 20.1 Å². The lowest BCUT2D eigenvalue weighted by Crippen LogP contribution is -2.52. The number of aliphatic carboxylic acids is 1. The monoisotopic (exact) mass is 462 g/mol. The van der Waals surface area contributed by atoms with E-state index in [0.717, 1.165) is 27.8 Å². The van der Waals surface area contributed by atoms with E-state index in [0.29, 0.717) is 13.0 Å². The van der Waals surface area contributed by atoms with Crippen molar-refractivity contribution in [2.24, 2.45) is 0 Å². The molecule has 0 amide bonds. The molecule has 0 aromatic heterocycles. The maximum absolute atomic E-state index is 10.5. The van der Waals surface area contributed by atoms with Gasteiger partial charge < -0.3 is 29.9 Å². The fraction of sp³-hybridized carbons (Fsp3) is 0.458. The molecule has 7 nitrogen and oxygen atoms in total. The van der Waals surface area contributed by atoms with Gasteiger partial charge in [0, 0.05) is 0 Å². The molecular formula is C24H30O7S. The Hall–Kier alpha value is -1.94. The summed E-state index contributed by atoms with van der Waals surface area (Å²) in [5.41, 5.74) is 4.38. The third-order valence-corrected chi connectivity index (χ3v) is 6.50. The molecule has 4 N–H and O–H groups in total. The minimum absolute atomic E-state index is 0.0131. The van der Waals surface area contributed by atoms with Crippen molar-refractivity contribution in [2.75, 3.05) is 12.9 Å². The molecule has 2 aromatic rings. The van der Waals surface area contributed by atoms with Crippen LogP contribution in [0.1, 0.15) is 40.3 Å². The number of rotatable bonds is 9. The highest BCUT2D eigenvalue weighted by Gasteiger charge is 2.44. The lowest BCUT2D eigenvalue weighted by molar-refractivity contribution is -0.200. The van der Waals surface area contributed by atoms with Crippen LogP contribution < -0.4 is 0 Å². The molecule has 0 spiro atoms. The van der Waals surface area contributed by atoms with Crippen molar-refractivity contribution in [1.82, 2.24) is 0 Å². The molecule has 1 heterocycles. The topological polar surface area (TPSA) is 116 Å². The zero-order chi connectivity index (χ0) is 23.3. The second-order valence-electron chi connectivity index (χ2n) is 8.01. The Morgan fingerprint density at radius 3 is 2.38 bits per heavy atom. The summed E-state index contributed by atoms with van der Waals surface area (Å²) in [7, 11) is 0. The molecule has 8 heteroatoms. The van der Waals surface area contributed by atoms with E-state index in [1.807, 2.05) is 49.4 Å². The number of ether oxygens (including phenoxy) is 2. The smallest absolute Gasteiger partial charge is 0.305 e. The number of benzene rings is 2. The van der Waals surface area contributed by atoms with E-state index in [-0.39, 0.29) is 13.0 Å². The normalized spacial score (nSPS) is 25.6. The van der Waals surface area contributed by atoms with Crippen LogP contribution >= 0.6 is 11.8 Å². The molecule has 1 fully saturated rings. The lowest BCUT2D eigenvalue weighted by atomic mass is 9.91. The average molecular weight is 463 g/mol. The molecular weight excluding hydrogens is 432 g/mol. The fourth-order valence-corrected chi connectivity index (χ4v) is 4.37. The van der Waals surface area contributed by atoms with E-state index in [1.54, 1.807) is 6.26 Å². The molecule has 0 unspecified atom stereocenters. The molecule has 0 saturated carbocycles. The first-order valence-corrected chi connectivity index (χ1v) is 11.8. The van der Waals surface area contributed by atoms with Gasteiger partial charge in [-0.1, -0.05) is 42.5 Å². The second kappa shape index (κ2) is 11.3.